The van der Waals surface area contributed by atoms with Crippen LogP contribution in [0.1, 0.15) is 0 Å². The van der Waals surface area contributed by atoms with Crippen molar-refractivity contribution >= 4 is 43.4 Å². The number of non-ortho nitro benzene ring substituents is 1. The average molecular weight is 445 g/mol. The van der Waals surface area contributed by atoms with E-state index >= 15 is 0 Å². The van der Waals surface area contributed by atoms with Crippen LogP contribution in [0.15, 0.2) is 83.5 Å². The van der Waals surface area contributed by atoms with E-state index in [2.05, 4.69) is 20.9 Å². The van der Waals surface area contributed by atoms with Crippen molar-refractivity contribution in [1.29, 1.82) is 0 Å². The van der Waals surface area contributed by atoms with E-state index in [4.69, 9.17) is 5.10 Å². The summed E-state index contributed by atoms with van der Waals surface area (Å²) in [7, 11) is 0. The number of nitrogens with zero attached hydrogens (tertiary/aromatic N) is 4. The van der Waals surface area contributed by atoms with Gasteiger partial charge in [-0.3, -0.25) is 15.1 Å². The van der Waals surface area contributed by atoms with Crippen molar-refractivity contribution in [3.8, 4) is 16.9 Å². The smallest absolute Gasteiger partial charge is 0.258 e. The first-order chi connectivity index (χ1) is 14.1. The summed E-state index contributed by atoms with van der Waals surface area (Å²) >= 11 is 3.52. The average Bonchev–Trinajstić information content (AvgIpc) is 3.14. The minimum atomic E-state index is -0.399. The van der Waals surface area contributed by atoms with E-state index in [0.29, 0.717) is 5.69 Å². The lowest BCUT2D eigenvalue weighted by molar-refractivity contribution is -0.384. The summed E-state index contributed by atoms with van der Waals surface area (Å²) in [6, 6.07) is 22.2. The van der Waals surface area contributed by atoms with Gasteiger partial charge in [0.25, 0.3) is 5.69 Å². The molecule has 0 aliphatic rings. The van der Waals surface area contributed by atoms with Gasteiger partial charge in [-0.15, -0.1) is 0 Å². The topological polar surface area (TPSA) is 73.8 Å². The summed E-state index contributed by atoms with van der Waals surface area (Å²) in [6.45, 7) is 0. The van der Waals surface area contributed by atoms with Crippen LogP contribution in [0.4, 0.5) is 5.69 Å². The molecule has 0 bridgehead atoms. The van der Waals surface area contributed by atoms with Crippen molar-refractivity contribution in [3.05, 3.63) is 93.6 Å². The lowest BCUT2D eigenvalue weighted by Gasteiger charge is -2.05. The number of hydrogen-bond donors (Lipinski definition) is 0. The second kappa shape index (κ2) is 6.79. The van der Waals surface area contributed by atoms with Crippen LogP contribution in [0.5, 0.6) is 0 Å². The summed E-state index contributed by atoms with van der Waals surface area (Å²) in [5.41, 5.74) is 4.06. The Labute approximate surface area is 173 Å². The van der Waals surface area contributed by atoms with Crippen LogP contribution < -0.4 is 0 Å². The molecule has 7 heteroatoms. The Balaban J connectivity index is 1.89. The molecule has 5 rings (SSSR count). The van der Waals surface area contributed by atoms with Crippen LogP contribution in [0.2, 0.25) is 0 Å². The predicted molar refractivity (Wildman–Crippen MR) is 116 cm³/mol. The zero-order valence-electron chi connectivity index (χ0n) is 15.0. The van der Waals surface area contributed by atoms with Crippen LogP contribution in [0.3, 0.4) is 0 Å². The third-order valence-corrected chi connectivity index (χ3v) is 5.29. The first-order valence-corrected chi connectivity index (χ1v) is 9.68. The number of halogens is 1. The highest BCUT2D eigenvalue weighted by Gasteiger charge is 2.18. The molecule has 2 heterocycles. The van der Waals surface area contributed by atoms with Gasteiger partial charge in [-0.1, -0.05) is 52.3 Å². The molecule has 140 valence electrons. The summed E-state index contributed by atoms with van der Waals surface area (Å²) < 4.78 is 2.71. The molecule has 0 spiro atoms. The van der Waals surface area contributed by atoms with Crippen molar-refractivity contribution in [1.82, 2.24) is 14.8 Å². The van der Waals surface area contributed by atoms with Crippen molar-refractivity contribution in [2.24, 2.45) is 0 Å². The van der Waals surface area contributed by atoms with Gasteiger partial charge in [0.05, 0.1) is 21.6 Å². The molecule has 3 aromatic carbocycles. The number of nitro groups is 1. The van der Waals surface area contributed by atoms with E-state index in [1.807, 2.05) is 60.8 Å². The number of pyridine rings is 1. The molecule has 0 aliphatic heterocycles. The van der Waals surface area contributed by atoms with Crippen LogP contribution in [-0.4, -0.2) is 19.7 Å². The molecule has 0 N–H and O–H groups in total. The van der Waals surface area contributed by atoms with Gasteiger partial charge in [-0.25, -0.2) is 4.68 Å². The van der Waals surface area contributed by atoms with Gasteiger partial charge in [-0.2, -0.15) is 5.10 Å². The number of para-hydroxylation sites is 1. The highest BCUT2D eigenvalue weighted by Crippen LogP contribution is 2.34. The normalized spacial score (nSPS) is 11.2. The molecular weight excluding hydrogens is 432 g/mol. The van der Waals surface area contributed by atoms with Gasteiger partial charge in [0.2, 0.25) is 0 Å². The van der Waals surface area contributed by atoms with Gasteiger partial charge in [0.15, 0.2) is 0 Å². The minimum absolute atomic E-state index is 0.0218. The number of nitro benzene ring substituents is 1. The maximum absolute atomic E-state index is 11.3. The van der Waals surface area contributed by atoms with E-state index < -0.39 is 4.92 Å². The zero-order valence-corrected chi connectivity index (χ0v) is 16.6. The monoisotopic (exact) mass is 444 g/mol. The highest BCUT2D eigenvalue weighted by molar-refractivity contribution is 9.10. The third-order valence-electron chi connectivity index (χ3n) is 4.80. The van der Waals surface area contributed by atoms with Gasteiger partial charge < -0.3 is 0 Å². The summed E-state index contributed by atoms with van der Waals surface area (Å²) in [5.74, 6) is 0. The maximum atomic E-state index is 11.3. The first-order valence-electron chi connectivity index (χ1n) is 8.89. The zero-order chi connectivity index (χ0) is 20.0. The van der Waals surface area contributed by atoms with Crippen LogP contribution >= 0.6 is 15.9 Å². The number of hydrogen-bond acceptors (Lipinski definition) is 4. The molecule has 0 aliphatic carbocycles. The number of benzene rings is 3. The van der Waals surface area contributed by atoms with Gasteiger partial charge in [0.1, 0.15) is 5.69 Å². The summed E-state index contributed by atoms with van der Waals surface area (Å²) in [4.78, 5) is 15.5. The van der Waals surface area contributed by atoms with Crippen molar-refractivity contribution < 1.29 is 4.92 Å². The molecule has 0 unspecified atom stereocenters. The molecule has 0 atom stereocenters. The molecule has 0 fully saturated rings. The molecular formula is C22H13BrN4O2. The fraction of sp³-hybridized carbons (Fsp3) is 0. The molecule has 0 amide bonds. The van der Waals surface area contributed by atoms with E-state index in [-0.39, 0.29) is 5.69 Å². The van der Waals surface area contributed by atoms with Crippen molar-refractivity contribution in [2.75, 3.05) is 0 Å². The second-order valence-corrected chi connectivity index (χ2v) is 7.50. The number of aromatic nitrogens is 3. The Bertz CT molecular complexity index is 1410. The Morgan fingerprint density at radius 2 is 1.76 bits per heavy atom. The van der Waals surface area contributed by atoms with Crippen LogP contribution in [-0.2, 0) is 0 Å². The first kappa shape index (κ1) is 17.5. The molecule has 2 aromatic heterocycles. The molecule has 5 aromatic rings. The van der Waals surface area contributed by atoms with E-state index in [1.165, 1.54) is 12.1 Å². The molecule has 0 saturated heterocycles. The maximum Gasteiger partial charge on any atom is 0.271 e. The minimum Gasteiger partial charge on any atom is -0.258 e. The predicted octanol–water partition coefficient (Wildman–Crippen LogP) is 5.91. The van der Waals surface area contributed by atoms with Gasteiger partial charge >= 0.3 is 0 Å². The molecule has 6 nitrogen and oxygen atoms in total. The second-order valence-electron chi connectivity index (χ2n) is 6.59. The molecule has 0 saturated carbocycles. The molecule has 29 heavy (non-hydrogen) atoms. The summed E-state index contributed by atoms with van der Waals surface area (Å²) in [6.07, 6.45) is 1.81. The van der Waals surface area contributed by atoms with E-state index in [0.717, 1.165) is 37.5 Å². The van der Waals surface area contributed by atoms with Crippen molar-refractivity contribution in [2.45, 2.75) is 0 Å². The van der Waals surface area contributed by atoms with E-state index in [1.54, 1.807) is 10.7 Å². The number of rotatable bonds is 3. The van der Waals surface area contributed by atoms with E-state index in [9.17, 15) is 10.1 Å². The highest BCUT2D eigenvalue weighted by atomic mass is 79.9. The van der Waals surface area contributed by atoms with Gasteiger partial charge in [-0.05, 0) is 24.3 Å². The SMILES string of the molecule is O=[N+]([O-])c1cccc(-n2nc(-c3cccc(Br)c3)c3cnc4ccccc4c32)c1. The fourth-order valence-electron chi connectivity index (χ4n) is 3.51. The lowest BCUT2D eigenvalue weighted by Crippen LogP contribution is -1.98. The third kappa shape index (κ3) is 2.96. The Morgan fingerprint density at radius 3 is 2.59 bits per heavy atom. The number of fused-ring (bicyclic) bond motifs is 3. The van der Waals surface area contributed by atoms with Crippen LogP contribution in [0.25, 0.3) is 38.8 Å². The standard InChI is InChI=1S/C22H13BrN4O2/c23-15-6-3-5-14(11-15)21-19-13-24-20-10-2-1-9-18(20)22(19)26(25-21)16-7-4-8-17(12-16)27(28)29/h1-13H. The lowest BCUT2D eigenvalue weighted by atomic mass is 10.1. The quantitative estimate of drug-likeness (QED) is 0.256. The fourth-order valence-corrected chi connectivity index (χ4v) is 3.91. The van der Waals surface area contributed by atoms with Crippen molar-refractivity contribution in [3.63, 3.8) is 0 Å². The van der Waals surface area contributed by atoms with Gasteiger partial charge in [0, 0.05) is 39.1 Å². The molecule has 0 radical (unpaired) electrons. The largest absolute Gasteiger partial charge is 0.271 e. The summed E-state index contributed by atoms with van der Waals surface area (Å²) in [5, 5.41) is 18.0. The Hall–Kier alpha value is -3.58. The Morgan fingerprint density at radius 1 is 0.931 bits per heavy atom. The van der Waals surface area contributed by atoms with Crippen LogP contribution in [0, 0.1) is 10.1 Å². The Kier molecular flexibility index (Phi) is 4.10.